The highest BCUT2D eigenvalue weighted by atomic mass is 32.1. The average molecular weight is 386 g/mol. The van der Waals surface area contributed by atoms with Gasteiger partial charge in [-0.3, -0.25) is 19.7 Å². The van der Waals surface area contributed by atoms with Crippen molar-refractivity contribution in [1.82, 2.24) is 25.2 Å². The molecule has 0 bridgehead atoms. The molecule has 3 aromatic rings. The Bertz CT molecular complexity index is 1060. The summed E-state index contributed by atoms with van der Waals surface area (Å²) in [6, 6.07) is 4.21. The van der Waals surface area contributed by atoms with Crippen LogP contribution < -0.4 is 10.9 Å². The molecule has 0 spiro atoms. The van der Waals surface area contributed by atoms with Gasteiger partial charge in [0.15, 0.2) is 10.8 Å². The monoisotopic (exact) mass is 386 g/mol. The molecule has 0 unspecified atom stereocenters. The molecule has 0 aliphatic carbocycles. The van der Waals surface area contributed by atoms with E-state index >= 15 is 0 Å². The Balaban J connectivity index is 1.47. The molecule has 4 rings (SSSR count). The number of carbonyl (C=O) groups excluding carboxylic acids is 2. The van der Waals surface area contributed by atoms with E-state index in [-0.39, 0.29) is 22.9 Å². The fourth-order valence-corrected chi connectivity index (χ4v) is 3.70. The molecule has 4 heterocycles. The fourth-order valence-electron chi connectivity index (χ4n) is 2.68. The molecule has 0 saturated carbocycles. The number of hydrogen-bond donors (Lipinski definition) is 2. The van der Waals surface area contributed by atoms with Gasteiger partial charge < -0.3 is 9.42 Å². The minimum Gasteiger partial charge on any atom is -0.361 e. The maximum absolute atomic E-state index is 12.5. The van der Waals surface area contributed by atoms with Crippen LogP contribution in [0.15, 0.2) is 27.5 Å². The molecule has 1 aliphatic rings. The number of thiazole rings is 1. The average Bonchev–Trinajstić information content (AvgIpc) is 3.26. The number of aryl methyl sites for hydroxylation is 1. The van der Waals surface area contributed by atoms with E-state index in [0.717, 1.165) is 10.6 Å². The van der Waals surface area contributed by atoms with Crippen molar-refractivity contribution in [2.45, 2.75) is 19.9 Å². The van der Waals surface area contributed by atoms with Crippen LogP contribution in [0.25, 0.3) is 0 Å². The molecule has 0 atom stereocenters. The van der Waals surface area contributed by atoms with Gasteiger partial charge in [-0.15, -0.1) is 0 Å². The number of anilines is 1. The Kier molecular flexibility index (Phi) is 4.28. The number of hydrogen-bond acceptors (Lipinski definition) is 8. The van der Waals surface area contributed by atoms with E-state index < -0.39 is 5.91 Å². The van der Waals surface area contributed by atoms with E-state index in [1.807, 2.05) is 0 Å². The van der Waals surface area contributed by atoms with E-state index in [9.17, 15) is 14.4 Å². The third-order valence-electron chi connectivity index (χ3n) is 4.00. The quantitative estimate of drug-likeness (QED) is 0.685. The van der Waals surface area contributed by atoms with Crippen LogP contribution in [0.1, 0.15) is 37.3 Å². The van der Waals surface area contributed by atoms with E-state index in [0.29, 0.717) is 30.4 Å². The summed E-state index contributed by atoms with van der Waals surface area (Å²) >= 11 is 1.31. The molecule has 2 amide bonds. The molecule has 10 nitrogen and oxygen atoms in total. The minimum atomic E-state index is -0.400. The zero-order valence-electron chi connectivity index (χ0n) is 14.2. The Morgan fingerprint density at radius 3 is 2.89 bits per heavy atom. The van der Waals surface area contributed by atoms with Crippen molar-refractivity contribution in [3.05, 3.63) is 56.3 Å². The molecule has 1 aliphatic heterocycles. The predicted octanol–water partition coefficient (Wildman–Crippen LogP) is 0.974. The third kappa shape index (κ3) is 3.49. The fraction of sp³-hybridized carbons (Fsp3) is 0.250. The molecule has 0 radical (unpaired) electrons. The lowest BCUT2D eigenvalue weighted by Gasteiger charge is -2.25. The number of H-pyrrole nitrogens is 1. The number of fused-ring (bicyclic) bond motifs is 1. The molecule has 0 aromatic carbocycles. The Morgan fingerprint density at radius 1 is 1.33 bits per heavy atom. The second-order valence-corrected chi connectivity index (χ2v) is 7.03. The molecule has 11 heteroatoms. The number of nitrogens with one attached hydrogen (secondary N) is 2. The molecule has 138 valence electrons. The van der Waals surface area contributed by atoms with Crippen LogP contribution in [-0.2, 0) is 13.0 Å². The maximum Gasteiger partial charge on any atom is 0.279 e. The van der Waals surface area contributed by atoms with E-state index in [4.69, 9.17) is 4.52 Å². The maximum atomic E-state index is 12.5. The third-order valence-corrected chi connectivity index (χ3v) is 5.00. The summed E-state index contributed by atoms with van der Waals surface area (Å²) < 4.78 is 4.89. The Labute approximate surface area is 156 Å². The first-order valence-electron chi connectivity index (χ1n) is 8.08. The lowest BCUT2D eigenvalue weighted by molar-refractivity contribution is 0.0728. The first-order valence-corrected chi connectivity index (χ1v) is 8.89. The highest BCUT2D eigenvalue weighted by Gasteiger charge is 2.26. The molecule has 0 saturated heterocycles. The normalized spacial score (nSPS) is 13.3. The van der Waals surface area contributed by atoms with Gasteiger partial charge >= 0.3 is 0 Å². The van der Waals surface area contributed by atoms with Gasteiger partial charge in [-0.2, -0.15) is 5.10 Å². The molecule has 2 N–H and O–H groups in total. The second-order valence-electron chi connectivity index (χ2n) is 5.95. The first kappa shape index (κ1) is 17.1. The van der Waals surface area contributed by atoms with Crippen LogP contribution in [0.5, 0.6) is 0 Å². The number of aromatic nitrogens is 4. The SMILES string of the molecule is Cc1cc(C(=O)Nc2nc3c(s2)CN(C(=O)c2ccc(=O)[nH]n2)CC3)no1. The molecular formula is C16H14N6O4S. The lowest BCUT2D eigenvalue weighted by atomic mass is 10.1. The molecular weight excluding hydrogens is 372 g/mol. The van der Waals surface area contributed by atoms with Crippen LogP contribution >= 0.6 is 11.3 Å². The largest absolute Gasteiger partial charge is 0.361 e. The molecule has 3 aromatic heterocycles. The van der Waals surface area contributed by atoms with Gasteiger partial charge in [-0.25, -0.2) is 10.1 Å². The van der Waals surface area contributed by atoms with Crippen LogP contribution in [0.2, 0.25) is 0 Å². The minimum absolute atomic E-state index is 0.178. The van der Waals surface area contributed by atoms with E-state index in [1.54, 1.807) is 17.9 Å². The smallest absolute Gasteiger partial charge is 0.279 e. The van der Waals surface area contributed by atoms with Crippen molar-refractivity contribution in [3.63, 3.8) is 0 Å². The zero-order valence-corrected chi connectivity index (χ0v) is 15.0. The summed E-state index contributed by atoms with van der Waals surface area (Å²) in [6.07, 6.45) is 0.569. The summed E-state index contributed by atoms with van der Waals surface area (Å²) in [6.45, 7) is 2.55. The summed E-state index contributed by atoms with van der Waals surface area (Å²) in [5.41, 5.74) is 0.849. The van der Waals surface area contributed by atoms with Gasteiger partial charge in [-0.05, 0) is 13.0 Å². The summed E-state index contributed by atoms with van der Waals surface area (Å²) in [5.74, 6) is -0.124. The molecule has 0 fully saturated rings. The van der Waals surface area contributed by atoms with Crippen molar-refractivity contribution in [2.75, 3.05) is 11.9 Å². The zero-order chi connectivity index (χ0) is 19.0. The van der Waals surface area contributed by atoms with Crippen LogP contribution in [-0.4, -0.2) is 43.6 Å². The molecule has 27 heavy (non-hydrogen) atoms. The number of amides is 2. The van der Waals surface area contributed by atoms with Crippen LogP contribution in [0, 0.1) is 6.92 Å². The summed E-state index contributed by atoms with van der Waals surface area (Å²) in [5, 5.41) is 12.9. The number of nitrogens with zero attached hydrogens (tertiary/aromatic N) is 4. The van der Waals surface area contributed by atoms with Gasteiger partial charge in [-0.1, -0.05) is 16.5 Å². The van der Waals surface area contributed by atoms with Gasteiger partial charge in [0.05, 0.1) is 12.2 Å². The lowest BCUT2D eigenvalue weighted by Crippen LogP contribution is -2.36. The Morgan fingerprint density at radius 2 is 2.19 bits per heavy atom. The topological polar surface area (TPSA) is 134 Å². The summed E-state index contributed by atoms with van der Waals surface area (Å²) in [4.78, 5) is 42.7. The predicted molar refractivity (Wildman–Crippen MR) is 94.6 cm³/mol. The first-order chi connectivity index (χ1) is 13.0. The van der Waals surface area contributed by atoms with Crippen molar-refractivity contribution in [1.29, 1.82) is 0 Å². The van der Waals surface area contributed by atoms with Crippen molar-refractivity contribution < 1.29 is 14.1 Å². The van der Waals surface area contributed by atoms with Gasteiger partial charge in [0, 0.05) is 30.0 Å². The highest BCUT2D eigenvalue weighted by Crippen LogP contribution is 2.29. The second kappa shape index (κ2) is 6.76. The number of rotatable bonds is 3. The van der Waals surface area contributed by atoms with Crippen LogP contribution in [0.3, 0.4) is 0 Å². The van der Waals surface area contributed by atoms with Gasteiger partial charge in [0.25, 0.3) is 17.4 Å². The number of carbonyl (C=O) groups is 2. The van der Waals surface area contributed by atoms with Crippen LogP contribution in [0.4, 0.5) is 5.13 Å². The van der Waals surface area contributed by atoms with Crippen molar-refractivity contribution in [3.8, 4) is 0 Å². The van der Waals surface area contributed by atoms with E-state index in [1.165, 1.54) is 23.5 Å². The standard InChI is InChI=1S/C16H14N6O4S/c1-8-6-11(21-26-8)14(24)18-16-17-9-4-5-22(7-12(9)27-16)15(25)10-2-3-13(23)20-19-10/h2-3,6H,4-5,7H2,1H3,(H,20,23)(H,17,18,24). The van der Waals surface area contributed by atoms with Gasteiger partial charge in [0.1, 0.15) is 11.5 Å². The summed E-state index contributed by atoms with van der Waals surface area (Å²) in [7, 11) is 0. The van der Waals surface area contributed by atoms with Crippen molar-refractivity contribution in [2.24, 2.45) is 0 Å². The van der Waals surface area contributed by atoms with E-state index in [2.05, 4.69) is 25.7 Å². The van der Waals surface area contributed by atoms with Gasteiger partial charge in [0.2, 0.25) is 0 Å². The number of aromatic amines is 1. The Hall–Kier alpha value is -3.34. The highest BCUT2D eigenvalue weighted by molar-refractivity contribution is 7.15. The van der Waals surface area contributed by atoms with Crippen molar-refractivity contribution >= 4 is 28.3 Å².